The summed E-state index contributed by atoms with van der Waals surface area (Å²) in [4.78, 5) is 24.8. The molecule has 0 fully saturated rings. The second-order valence-electron chi connectivity index (χ2n) is 8.13. The zero-order chi connectivity index (χ0) is 22.4. The van der Waals surface area contributed by atoms with E-state index in [1.165, 1.54) is 5.56 Å². The third-order valence-electron chi connectivity index (χ3n) is 4.60. The van der Waals surface area contributed by atoms with Gasteiger partial charge in [0.15, 0.2) is 6.61 Å². The van der Waals surface area contributed by atoms with Gasteiger partial charge in [0, 0.05) is 16.9 Å². The number of benzene rings is 3. The smallest absolute Gasteiger partial charge is 0.262 e. The van der Waals surface area contributed by atoms with Gasteiger partial charge in [-0.15, -0.1) is 0 Å². The van der Waals surface area contributed by atoms with Gasteiger partial charge in [-0.1, -0.05) is 51.1 Å². The van der Waals surface area contributed by atoms with Crippen molar-refractivity contribution in [1.29, 1.82) is 0 Å². The van der Waals surface area contributed by atoms with E-state index in [2.05, 4.69) is 47.3 Å². The monoisotopic (exact) mass is 480 g/mol. The predicted octanol–water partition coefficient (Wildman–Crippen LogP) is 6.02. The van der Waals surface area contributed by atoms with Crippen molar-refractivity contribution in [1.82, 2.24) is 0 Å². The molecule has 0 unspecified atom stereocenters. The summed E-state index contributed by atoms with van der Waals surface area (Å²) in [5.41, 5.74) is 2.87. The Hall–Kier alpha value is -3.12. The summed E-state index contributed by atoms with van der Waals surface area (Å²) >= 11 is 3.51. The number of amides is 2. The Balaban J connectivity index is 1.58. The number of rotatable bonds is 6. The number of para-hydroxylation sites is 1. The van der Waals surface area contributed by atoms with E-state index >= 15 is 0 Å². The lowest BCUT2D eigenvalue weighted by atomic mass is 9.87. The van der Waals surface area contributed by atoms with Crippen molar-refractivity contribution in [2.45, 2.75) is 26.2 Å². The first-order valence-electron chi connectivity index (χ1n) is 9.91. The van der Waals surface area contributed by atoms with E-state index in [-0.39, 0.29) is 23.8 Å². The minimum absolute atomic E-state index is 0.0241. The molecule has 0 saturated heterocycles. The third-order valence-corrected chi connectivity index (χ3v) is 5.22. The number of hydrogen-bond acceptors (Lipinski definition) is 3. The van der Waals surface area contributed by atoms with Crippen LogP contribution in [-0.4, -0.2) is 18.4 Å². The highest BCUT2D eigenvalue weighted by molar-refractivity contribution is 9.10. The van der Waals surface area contributed by atoms with Crippen molar-refractivity contribution in [3.63, 3.8) is 0 Å². The molecule has 2 amide bonds. The number of ether oxygens (including phenoxy) is 1. The minimum Gasteiger partial charge on any atom is -0.483 e. The highest BCUT2D eigenvalue weighted by Gasteiger charge is 2.16. The Kier molecular flexibility index (Phi) is 7.13. The summed E-state index contributed by atoms with van der Waals surface area (Å²) in [5, 5.41) is 5.59. The van der Waals surface area contributed by atoms with Crippen LogP contribution >= 0.6 is 15.9 Å². The molecular weight excluding hydrogens is 456 g/mol. The van der Waals surface area contributed by atoms with Crippen LogP contribution in [-0.2, 0) is 10.2 Å². The first-order valence-corrected chi connectivity index (χ1v) is 10.7. The number of carbonyl (C=O) groups is 2. The fourth-order valence-corrected chi connectivity index (χ4v) is 3.38. The second-order valence-corrected chi connectivity index (χ2v) is 8.99. The van der Waals surface area contributed by atoms with Gasteiger partial charge in [0.2, 0.25) is 0 Å². The fraction of sp³-hybridized carbons (Fsp3) is 0.200. The average Bonchev–Trinajstić information content (AvgIpc) is 2.73. The van der Waals surface area contributed by atoms with Gasteiger partial charge in [-0.3, -0.25) is 9.59 Å². The molecule has 3 aromatic rings. The summed E-state index contributed by atoms with van der Waals surface area (Å²) in [6.45, 7) is 6.26. The molecule has 3 aromatic carbocycles. The lowest BCUT2D eigenvalue weighted by Crippen LogP contribution is -2.21. The van der Waals surface area contributed by atoms with E-state index in [0.717, 1.165) is 4.47 Å². The molecule has 2 N–H and O–H groups in total. The van der Waals surface area contributed by atoms with Gasteiger partial charge in [-0.05, 0) is 69.4 Å². The average molecular weight is 481 g/mol. The van der Waals surface area contributed by atoms with Crippen LogP contribution in [0.1, 0.15) is 36.7 Å². The molecule has 0 spiro atoms. The molecule has 0 saturated carbocycles. The Morgan fingerprint density at radius 1 is 0.871 bits per heavy atom. The van der Waals surface area contributed by atoms with Gasteiger partial charge in [0.05, 0.1) is 4.47 Å². The molecule has 6 heteroatoms. The van der Waals surface area contributed by atoms with Gasteiger partial charge in [-0.25, -0.2) is 0 Å². The van der Waals surface area contributed by atoms with Crippen LogP contribution in [0.3, 0.4) is 0 Å². The Morgan fingerprint density at radius 2 is 1.58 bits per heavy atom. The van der Waals surface area contributed by atoms with Gasteiger partial charge < -0.3 is 15.4 Å². The van der Waals surface area contributed by atoms with Gasteiger partial charge >= 0.3 is 0 Å². The molecule has 5 nitrogen and oxygen atoms in total. The highest BCUT2D eigenvalue weighted by atomic mass is 79.9. The van der Waals surface area contributed by atoms with Crippen molar-refractivity contribution < 1.29 is 14.3 Å². The first kappa shape index (κ1) is 22.6. The normalized spacial score (nSPS) is 11.0. The maximum atomic E-state index is 12.4. The summed E-state index contributed by atoms with van der Waals surface area (Å²) in [5.74, 6) is 0.0352. The molecule has 0 radical (unpaired) electrons. The van der Waals surface area contributed by atoms with Crippen molar-refractivity contribution in [2.75, 3.05) is 17.2 Å². The lowest BCUT2D eigenvalue weighted by Gasteiger charge is -2.20. The van der Waals surface area contributed by atoms with E-state index in [1.54, 1.807) is 24.3 Å². The SMILES string of the molecule is CC(C)(C)c1ccc(OCC(=O)Nc2cccc(C(=O)Nc3ccccc3)c2)c(Br)c1. The molecule has 160 valence electrons. The number of anilines is 2. The molecule has 0 bridgehead atoms. The van der Waals surface area contributed by atoms with E-state index in [1.807, 2.05) is 48.5 Å². The van der Waals surface area contributed by atoms with Crippen LogP contribution in [0, 0.1) is 0 Å². The quantitative estimate of drug-likeness (QED) is 0.453. The third kappa shape index (κ3) is 6.43. The molecule has 0 atom stereocenters. The lowest BCUT2D eigenvalue weighted by molar-refractivity contribution is -0.118. The second kappa shape index (κ2) is 9.79. The van der Waals surface area contributed by atoms with Crippen molar-refractivity contribution in [3.8, 4) is 5.75 Å². The van der Waals surface area contributed by atoms with Crippen LogP contribution < -0.4 is 15.4 Å². The van der Waals surface area contributed by atoms with E-state index in [0.29, 0.717) is 22.7 Å². The Bertz CT molecular complexity index is 1080. The van der Waals surface area contributed by atoms with Crippen LogP contribution in [0.25, 0.3) is 0 Å². The van der Waals surface area contributed by atoms with E-state index in [4.69, 9.17) is 4.74 Å². The van der Waals surface area contributed by atoms with Crippen molar-refractivity contribution in [2.24, 2.45) is 0 Å². The standard InChI is InChI=1S/C25H25BrN2O3/c1-25(2,3)18-12-13-22(21(26)15-18)31-16-23(29)27-20-11-7-8-17(14-20)24(30)28-19-9-5-4-6-10-19/h4-15H,16H2,1-3H3,(H,27,29)(H,28,30). The Morgan fingerprint density at radius 3 is 2.26 bits per heavy atom. The molecular formula is C25H25BrN2O3. The van der Waals surface area contributed by atoms with Gasteiger partial charge in [0.1, 0.15) is 5.75 Å². The van der Waals surface area contributed by atoms with E-state index < -0.39 is 0 Å². The molecule has 0 aliphatic heterocycles. The number of hydrogen-bond donors (Lipinski definition) is 2. The maximum Gasteiger partial charge on any atom is 0.262 e. The maximum absolute atomic E-state index is 12.4. The van der Waals surface area contributed by atoms with E-state index in [9.17, 15) is 9.59 Å². The number of halogens is 1. The predicted molar refractivity (Wildman–Crippen MR) is 128 cm³/mol. The number of nitrogens with one attached hydrogen (secondary N) is 2. The molecule has 0 aromatic heterocycles. The Labute approximate surface area is 191 Å². The summed E-state index contributed by atoms with van der Waals surface area (Å²) in [7, 11) is 0. The summed E-state index contributed by atoms with van der Waals surface area (Å²) in [6, 6.07) is 21.8. The molecule has 3 rings (SSSR count). The van der Waals surface area contributed by atoms with Crippen LogP contribution in [0.15, 0.2) is 77.3 Å². The molecule has 0 heterocycles. The molecule has 0 aliphatic rings. The largest absolute Gasteiger partial charge is 0.483 e. The van der Waals surface area contributed by atoms with Crippen molar-refractivity contribution >= 4 is 39.1 Å². The van der Waals surface area contributed by atoms with Crippen molar-refractivity contribution in [3.05, 3.63) is 88.4 Å². The summed E-state index contributed by atoms with van der Waals surface area (Å²) < 4.78 is 6.46. The van der Waals surface area contributed by atoms with Crippen LogP contribution in [0.5, 0.6) is 5.75 Å². The van der Waals surface area contributed by atoms with Gasteiger partial charge in [0.25, 0.3) is 11.8 Å². The van der Waals surface area contributed by atoms with Gasteiger partial charge in [-0.2, -0.15) is 0 Å². The first-order chi connectivity index (χ1) is 14.7. The molecule has 31 heavy (non-hydrogen) atoms. The fourth-order valence-electron chi connectivity index (χ4n) is 2.89. The topological polar surface area (TPSA) is 67.4 Å². The van der Waals surface area contributed by atoms with Crippen LogP contribution in [0.4, 0.5) is 11.4 Å². The number of carbonyl (C=O) groups excluding carboxylic acids is 2. The zero-order valence-corrected chi connectivity index (χ0v) is 19.3. The zero-order valence-electron chi connectivity index (χ0n) is 17.7. The molecule has 0 aliphatic carbocycles. The minimum atomic E-state index is -0.313. The summed E-state index contributed by atoms with van der Waals surface area (Å²) in [6.07, 6.45) is 0. The highest BCUT2D eigenvalue weighted by Crippen LogP contribution is 2.31. The van der Waals surface area contributed by atoms with Crippen LogP contribution in [0.2, 0.25) is 0 Å².